The zero-order valence-corrected chi connectivity index (χ0v) is 16.3. The van der Waals surface area contributed by atoms with E-state index in [1.165, 1.54) is 0 Å². The van der Waals surface area contributed by atoms with Crippen molar-refractivity contribution in [3.63, 3.8) is 0 Å². The molecule has 1 aliphatic heterocycles. The van der Waals surface area contributed by atoms with Gasteiger partial charge in [-0.1, -0.05) is 6.92 Å². The molecular weight excluding hydrogens is 439 g/mol. The highest BCUT2D eigenvalue weighted by molar-refractivity contribution is 9.11. The van der Waals surface area contributed by atoms with Crippen molar-refractivity contribution in [2.45, 2.75) is 37.1 Å². The van der Waals surface area contributed by atoms with Crippen molar-refractivity contribution >= 4 is 41.9 Å². The molecule has 22 heavy (non-hydrogen) atoms. The van der Waals surface area contributed by atoms with Crippen LogP contribution in [-0.4, -0.2) is 39.0 Å². The first-order chi connectivity index (χ1) is 10.3. The first kappa shape index (κ1) is 18.3. The number of benzene rings is 1. The second kappa shape index (κ2) is 7.70. The fraction of sp³-hybridized carbons (Fsp3) is 0.571. The van der Waals surface area contributed by atoms with Gasteiger partial charge in [0.1, 0.15) is 10.7 Å². The fourth-order valence-electron chi connectivity index (χ4n) is 2.65. The van der Waals surface area contributed by atoms with Crippen molar-refractivity contribution in [2.24, 2.45) is 0 Å². The molecule has 1 heterocycles. The Morgan fingerprint density at radius 2 is 1.82 bits per heavy atom. The molecule has 8 heteroatoms. The number of piperidine rings is 1. The van der Waals surface area contributed by atoms with Crippen LogP contribution in [0.3, 0.4) is 0 Å². The average Bonchev–Trinajstić information content (AvgIpc) is 2.39. The van der Waals surface area contributed by atoms with Crippen molar-refractivity contribution in [3.05, 3.63) is 26.9 Å². The third kappa shape index (κ3) is 4.50. The van der Waals surface area contributed by atoms with Gasteiger partial charge in [0.25, 0.3) is 0 Å². The number of likely N-dealkylation sites (tertiary alicyclic amines) is 1. The van der Waals surface area contributed by atoms with Gasteiger partial charge in [-0.05, 0) is 82.9 Å². The number of nitrogens with one attached hydrogen (secondary N) is 1. The molecule has 1 aliphatic rings. The van der Waals surface area contributed by atoms with E-state index in [0.717, 1.165) is 51.0 Å². The van der Waals surface area contributed by atoms with Gasteiger partial charge in [0.2, 0.25) is 10.0 Å². The van der Waals surface area contributed by atoms with E-state index in [0.29, 0.717) is 0 Å². The van der Waals surface area contributed by atoms with Gasteiger partial charge in [0.15, 0.2) is 0 Å². The minimum atomic E-state index is -3.70. The zero-order valence-electron chi connectivity index (χ0n) is 12.3. The summed E-state index contributed by atoms with van der Waals surface area (Å²) >= 11 is 6.26. The molecule has 0 aromatic heterocycles. The molecule has 1 fully saturated rings. The van der Waals surface area contributed by atoms with E-state index >= 15 is 0 Å². The SMILES string of the molecule is CCCN1CCC(NS(=O)(=O)c2c(Br)cc(F)cc2Br)CC1. The van der Waals surface area contributed by atoms with Crippen LogP contribution in [0.2, 0.25) is 0 Å². The van der Waals surface area contributed by atoms with Crippen molar-refractivity contribution in [3.8, 4) is 0 Å². The number of halogens is 3. The maximum absolute atomic E-state index is 13.3. The lowest BCUT2D eigenvalue weighted by Crippen LogP contribution is -2.44. The van der Waals surface area contributed by atoms with E-state index in [1.54, 1.807) is 0 Å². The van der Waals surface area contributed by atoms with Crippen LogP contribution in [0.25, 0.3) is 0 Å². The molecule has 0 amide bonds. The van der Waals surface area contributed by atoms with Crippen molar-refractivity contribution in [1.29, 1.82) is 0 Å². The molecule has 0 radical (unpaired) electrons. The summed E-state index contributed by atoms with van der Waals surface area (Å²) in [5.41, 5.74) is 0. The monoisotopic (exact) mass is 456 g/mol. The summed E-state index contributed by atoms with van der Waals surface area (Å²) in [5, 5.41) is 0. The van der Waals surface area contributed by atoms with E-state index < -0.39 is 15.8 Å². The molecule has 0 aliphatic carbocycles. The van der Waals surface area contributed by atoms with Gasteiger partial charge >= 0.3 is 0 Å². The molecule has 2 rings (SSSR count). The number of hydrogen-bond acceptors (Lipinski definition) is 3. The standard InChI is InChI=1S/C14H19Br2FN2O2S/c1-2-5-19-6-3-11(4-7-19)18-22(20,21)14-12(15)8-10(17)9-13(14)16/h8-9,11,18H,2-7H2,1H3. The summed E-state index contributed by atoms with van der Waals surface area (Å²) in [6.45, 7) is 4.98. The second-order valence-corrected chi connectivity index (χ2v) is 8.80. The first-order valence-corrected chi connectivity index (χ1v) is 10.3. The van der Waals surface area contributed by atoms with Gasteiger partial charge in [-0.3, -0.25) is 0 Å². The van der Waals surface area contributed by atoms with Gasteiger partial charge < -0.3 is 4.90 Å². The Morgan fingerprint density at radius 1 is 1.27 bits per heavy atom. The van der Waals surface area contributed by atoms with Crippen LogP contribution < -0.4 is 4.72 Å². The van der Waals surface area contributed by atoms with E-state index in [4.69, 9.17) is 0 Å². The Bertz CT molecular complexity index is 609. The van der Waals surface area contributed by atoms with Crippen LogP contribution in [0.4, 0.5) is 4.39 Å². The highest BCUT2D eigenvalue weighted by Gasteiger charge is 2.27. The molecule has 1 N–H and O–H groups in total. The largest absolute Gasteiger partial charge is 0.303 e. The van der Waals surface area contributed by atoms with E-state index in [-0.39, 0.29) is 19.9 Å². The predicted octanol–water partition coefficient (Wildman–Crippen LogP) is 3.50. The lowest BCUT2D eigenvalue weighted by atomic mass is 10.1. The minimum Gasteiger partial charge on any atom is -0.303 e. The highest BCUT2D eigenvalue weighted by Crippen LogP contribution is 2.31. The smallest absolute Gasteiger partial charge is 0.243 e. The molecule has 0 saturated carbocycles. The van der Waals surface area contributed by atoms with Crippen LogP contribution in [0.5, 0.6) is 0 Å². The number of rotatable bonds is 5. The Hall–Kier alpha value is -0.0200. The molecule has 0 bridgehead atoms. The van der Waals surface area contributed by atoms with Crippen LogP contribution in [0, 0.1) is 5.82 Å². The molecule has 1 aromatic carbocycles. The maximum atomic E-state index is 13.3. The third-order valence-corrected chi connectivity index (χ3v) is 7.08. The van der Waals surface area contributed by atoms with Gasteiger partial charge in [0, 0.05) is 15.0 Å². The molecule has 4 nitrogen and oxygen atoms in total. The summed E-state index contributed by atoms with van der Waals surface area (Å²) in [7, 11) is -3.70. The molecular formula is C14H19Br2FN2O2S. The Balaban J connectivity index is 2.10. The molecule has 0 unspecified atom stereocenters. The minimum absolute atomic E-state index is 0.0462. The van der Waals surface area contributed by atoms with Crippen LogP contribution in [-0.2, 0) is 10.0 Å². The Kier molecular flexibility index (Phi) is 6.41. The third-order valence-electron chi connectivity index (χ3n) is 3.68. The summed E-state index contributed by atoms with van der Waals surface area (Å²) < 4.78 is 41.6. The van der Waals surface area contributed by atoms with Gasteiger partial charge in [0.05, 0.1) is 0 Å². The highest BCUT2D eigenvalue weighted by atomic mass is 79.9. The van der Waals surface area contributed by atoms with Crippen LogP contribution in [0.15, 0.2) is 26.0 Å². The molecule has 124 valence electrons. The summed E-state index contributed by atoms with van der Waals surface area (Å²) in [6.07, 6.45) is 2.68. The summed E-state index contributed by atoms with van der Waals surface area (Å²) in [5.74, 6) is -0.495. The predicted molar refractivity (Wildman–Crippen MR) is 91.9 cm³/mol. The van der Waals surface area contributed by atoms with Crippen LogP contribution in [0.1, 0.15) is 26.2 Å². The summed E-state index contributed by atoms with van der Waals surface area (Å²) in [6, 6.07) is 2.23. The molecule has 1 saturated heterocycles. The number of hydrogen-bond donors (Lipinski definition) is 1. The van der Waals surface area contributed by atoms with E-state index in [9.17, 15) is 12.8 Å². The normalized spacial score (nSPS) is 17.8. The fourth-order valence-corrected chi connectivity index (χ4v) is 6.49. The van der Waals surface area contributed by atoms with E-state index in [2.05, 4.69) is 48.4 Å². The summed E-state index contributed by atoms with van der Waals surface area (Å²) in [4.78, 5) is 2.39. The topological polar surface area (TPSA) is 49.4 Å². The lowest BCUT2D eigenvalue weighted by Gasteiger charge is -2.32. The first-order valence-electron chi connectivity index (χ1n) is 7.22. The van der Waals surface area contributed by atoms with Crippen molar-refractivity contribution in [2.75, 3.05) is 19.6 Å². The lowest BCUT2D eigenvalue weighted by molar-refractivity contribution is 0.208. The Labute approximate surface area is 147 Å². The molecule has 0 atom stereocenters. The maximum Gasteiger partial charge on any atom is 0.243 e. The van der Waals surface area contributed by atoms with E-state index in [1.807, 2.05) is 0 Å². The quantitative estimate of drug-likeness (QED) is 0.735. The Morgan fingerprint density at radius 3 is 2.32 bits per heavy atom. The number of sulfonamides is 1. The molecule has 0 spiro atoms. The second-order valence-electron chi connectivity index (χ2n) is 5.44. The van der Waals surface area contributed by atoms with Crippen molar-refractivity contribution < 1.29 is 12.8 Å². The zero-order chi connectivity index (χ0) is 16.3. The van der Waals surface area contributed by atoms with Gasteiger partial charge in [-0.2, -0.15) is 0 Å². The van der Waals surface area contributed by atoms with Gasteiger partial charge in [-0.25, -0.2) is 17.5 Å². The average molecular weight is 458 g/mol. The van der Waals surface area contributed by atoms with Crippen molar-refractivity contribution in [1.82, 2.24) is 9.62 Å². The van der Waals surface area contributed by atoms with Gasteiger partial charge in [-0.15, -0.1) is 0 Å². The number of nitrogens with zero attached hydrogens (tertiary/aromatic N) is 1. The molecule has 1 aromatic rings. The van der Waals surface area contributed by atoms with Crippen LogP contribution >= 0.6 is 31.9 Å².